The Kier molecular flexibility index (Phi) is 4.17. The third kappa shape index (κ3) is 3.30. The van der Waals surface area contributed by atoms with Crippen molar-refractivity contribution in [3.63, 3.8) is 0 Å². The summed E-state index contributed by atoms with van der Waals surface area (Å²) in [5.74, 6) is 0.524. The lowest BCUT2D eigenvalue weighted by atomic mass is 10.2. The van der Waals surface area contributed by atoms with Gasteiger partial charge in [0.05, 0.1) is 6.54 Å². The Bertz CT molecular complexity index is 1120. The van der Waals surface area contributed by atoms with Gasteiger partial charge in [-0.2, -0.15) is 0 Å². The minimum Gasteiger partial charge on any atom is -0.454 e. The smallest absolute Gasteiger partial charge is 0.328 e. The van der Waals surface area contributed by atoms with E-state index in [0.29, 0.717) is 22.7 Å². The predicted octanol–water partition coefficient (Wildman–Crippen LogP) is 0.961. The Hall–Kier alpha value is -3.88. The minimum absolute atomic E-state index is 0.0127. The lowest BCUT2D eigenvalue weighted by Gasteiger charge is -2.08. The molecule has 0 saturated carbocycles. The van der Waals surface area contributed by atoms with Crippen molar-refractivity contribution in [2.24, 2.45) is 0 Å². The van der Waals surface area contributed by atoms with E-state index in [-0.39, 0.29) is 18.9 Å². The highest BCUT2D eigenvalue weighted by Crippen LogP contribution is 2.32. The number of carbonyl (C=O) groups excluding carboxylic acids is 1. The molecule has 0 spiro atoms. The van der Waals surface area contributed by atoms with E-state index in [1.54, 1.807) is 30.3 Å². The number of carbonyl (C=O) groups is 1. The molecule has 4 rings (SSSR count). The van der Waals surface area contributed by atoms with Crippen LogP contribution in [0.5, 0.6) is 11.5 Å². The summed E-state index contributed by atoms with van der Waals surface area (Å²) in [5.41, 5.74) is -0.324. The third-order valence-electron chi connectivity index (χ3n) is 4.02. The molecule has 3 heterocycles. The van der Waals surface area contributed by atoms with Crippen LogP contribution in [0, 0.1) is 0 Å². The second-order valence-corrected chi connectivity index (χ2v) is 5.78. The molecule has 1 aliphatic rings. The average molecular weight is 366 g/mol. The molecule has 0 radical (unpaired) electrons. The van der Waals surface area contributed by atoms with Crippen LogP contribution in [0.2, 0.25) is 0 Å². The maximum absolute atomic E-state index is 12.7. The van der Waals surface area contributed by atoms with Gasteiger partial charge in [-0.1, -0.05) is 6.07 Å². The van der Waals surface area contributed by atoms with Gasteiger partial charge in [-0.25, -0.2) is 4.79 Å². The SMILES string of the molecule is O=C(Nc1ccncc1)c1c[nH]c(=O)n(Cc2ccc3c(c2)OCO3)c1=O. The van der Waals surface area contributed by atoms with Crippen molar-refractivity contribution in [3.05, 3.63) is 80.9 Å². The number of aromatic amines is 1. The van der Waals surface area contributed by atoms with Gasteiger partial charge >= 0.3 is 5.69 Å². The molecular formula is C18H14N4O5. The molecule has 0 aliphatic carbocycles. The number of nitrogens with zero attached hydrogens (tertiary/aromatic N) is 2. The summed E-state index contributed by atoms with van der Waals surface area (Å²) >= 11 is 0. The first-order chi connectivity index (χ1) is 13.1. The fraction of sp³-hybridized carbons (Fsp3) is 0.111. The molecule has 136 valence electrons. The zero-order valence-corrected chi connectivity index (χ0v) is 14.0. The topological polar surface area (TPSA) is 115 Å². The van der Waals surface area contributed by atoms with Crippen molar-refractivity contribution < 1.29 is 14.3 Å². The maximum Gasteiger partial charge on any atom is 0.328 e. The molecule has 9 heteroatoms. The molecule has 0 unspecified atom stereocenters. The number of benzene rings is 1. The van der Waals surface area contributed by atoms with E-state index in [4.69, 9.17) is 9.47 Å². The molecule has 3 aromatic rings. The van der Waals surface area contributed by atoms with Crippen LogP contribution in [0.25, 0.3) is 0 Å². The highest BCUT2D eigenvalue weighted by atomic mass is 16.7. The van der Waals surface area contributed by atoms with Crippen LogP contribution in [0.15, 0.2) is 58.5 Å². The Labute approximate surface area is 152 Å². The van der Waals surface area contributed by atoms with E-state index in [0.717, 1.165) is 10.8 Å². The van der Waals surface area contributed by atoms with E-state index in [9.17, 15) is 14.4 Å². The number of nitrogens with one attached hydrogen (secondary N) is 2. The van der Waals surface area contributed by atoms with Gasteiger partial charge in [-0.3, -0.25) is 19.1 Å². The first-order valence-electron chi connectivity index (χ1n) is 8.04. The summed E-state index contributed by atoms with van der Waals surface area (Å²) in [7, 11) is 0. The number of H-pyrrole nitrogens is 1. The number of fused-ring (bicyclic) bond motifs is 1. The van der Waals surface area contributed by atoms with E-state index in [1.165, 1.54) is 12.4 Å². The standard InChI is InChI=1S/C18H14N4O5/c23-16(21-12-3-5-19-6-4-12)13-8-20-18(25)22(17(13)24)9-11-1-2-14-15(7-11)27-10-26-14/h1-8H,9-10H2,(H,20,25)(H,19,21,23). The normalized spacial score (nSPS) is 12.0. The number of hydrogen-bond donors (Lipinski definition) is 2. The molecule has 1 aromatic carbocycles. The van der Waals surface area contributed by atoms with Crippen molar-refractivity contribution in [2.75, 3.05) is 12.1 Å². The molecule has 0 saturated heterocycles. The lowest BCUT2D eigenvalue weighted by molar-refractivity contribution is 0.102. The third-order valence-corrected chi connectivity index (χ3v) is 4.02. The molecule has 2 aromatic heterocycles. The van der Waals surface area contributed by atoms with Crippen molar-refractivity contribution in [1.29, 1.82) is 0 Å². The first-order valence-corrected chi connectivity index (χ1v) is 8.04. The van der Waals surface area contributed by atoms with E-state index >= 15 is 0 Å². The number of pyridine rings is 1. The Morgan fingerprint density at radius 1 is 1.15 bits per heavy atom. The van der Waals surface area contributed by atoms with Gasteiger partial charge in [0, 0.05) is 24.3 Å². The predicted molar refractivity (Wildman–Crippen MR) is 95.2 cm³/mol. The molecule has 27 heavy (non-hydrogen) atoms. The van der Waals surface area contributed by atoms with Crippen LogP contribution >= 0.6 is 0 Å². The lowest BCUT2D eigenvalue weighted by Crippen LogP contribution is -2.39. The van der Waals surface area contributed by atoms with Gasteiger partial charge in [-0.15, -0.1) is 0 Å². The van der Waals surface area contributed by atoms with Crippen LogP contribution in [0.3, 0.4) is 0 Å². The number of amides is 1. The summed E-state index contributed by atoms with van der Waals surface area (Å²) < 4.78 is 11.5. The van der Waals surface area contributed by atoms with Crippen LogP contribution < -0.4 is 26.0 Å². The van der Waals surface area contributed by atoms with Gasteiger partial charge in [0.15, 0.2) is 11.5 Å². The van der Waals surface area contributed by atoms with Crippen LogP contribution in [-0.4, -0.2) is 27.2 Å². The van der Waals surface area contributed by atoms with E-state index < -0.39 is 17.2 Å². The average Bonchev–Trinajstić information content (AvgIpc) is 3.13. The van der Waals surface area contributed by atoms with Crippen LogP contribution in [-0.2, 0) is 6.54 Å². The highest BCUT2D eigenvalue weighted by Gasteiger charge is 2.17. The first kappa shape index (κ1) is 16.6. The highest BCUT2D eigenvalue weighted by molar-refractivity contribution is 6.03. The Balaban J connectivity index is 1.64. The summed E-state index contributed by atoms with van der Waals surface area (Å²) in [5, 5.41) is 2.59. The van der Waals surface area contributed by atoms with Gasteiger partial charge in [0.25, 0.3) is 11.5 Å². The minimum atomic E-state index is -0.692. The number of rotatable bonds is 4. The van der Waals surface area contributed by atoms with E-state index in [1.807, 2.05) is 0 Å². The second-order valence-electron chi connectivity index (χ2n) is 5.78. The van der Waals surface area contributed by atoms with Crippen molar-refractivity contribution in [2.45, 2.75) is 6.54 Å². The molecule has 2 N–H and O–H groups in total. The van der Waals surface area contributed by atoms with Gasteiger partial charge in [0.1, 0.15) is 5.56 Å². The number of hydrogen-bond acceptors (Lipinski definition) is 6. The van der Waals surface area contributed by atoms with Gasteiger partial charge in [0.2, 0.25) is 6.79 Å². The monoisotopic (exact) mass is 366 g/mol. The number of anilines is 1. The molecular weight excluding hydrogens is 352 g/mol. The fourth-order valence-corrected chi connectivity index (χ4v) is 2.67. The molecule has 1 amide bonds. The largest absolute Gasteiger partial charge is 0.454 e. The molecule has 0 atom stereocenters. The quantitative estimate of drug-likeness (QED) is 0.711. The summed E-state index contributed by atoms with van der Waals surface area (Å²) in [6.07, 6.45) is 4.14. The molecule has 0 fully saturated rings. The van der Waals surface area contributed by atoms with E-state index in [2.05, 4.69) is 15.3 Å². The maximum atomic E-state index is 12.7. The summed E-state index contributed by atoms with van der Waals surface area (Å²) in [4.78, 5) is 43.5. The number of aromatic nitrogens is 3. The molecule has 1 aliphatic heterocycles. The van der Waals surface area contributed by atoms with Gasteiger partial charge < -0.3 is 19.8 Å². The van der Waals surface area contributed by atoms with Crippen molar-refractivity contribution in [1.82, 2.24) is 14.5 Å². The zero-order chi connectivity index (χ0) is 18.8. The second kappa shape index (κ2) is 6.79. The van der Waals surface area contributed by atoms with Crippen LogP contribution in [0.1, 0.15) is 15.9 Å². The number of ether oxygens (including phenoxy) is 2. The van der Waals surface area contributed by atoms with Crippen molar-refractivity contribution in [3.8, 4) is 11.5 Å². The fourth-order valence-electron chi connectivity index (χ4n) is 2.67. The zero-order valence-electron chi connectivity index (χ0n) is 14.0. The summed E-state index contributed by atoms with van der Waals surface area (Å²) in [6.45, 7) is 0.116. The molecule has 9 nitrogen and oxygen atoms in total. The van der Waals surface area contributed by atoms with Gasteiger partial charge in [-0.05, 0) is 29.8 Å². The summed E-state index contributed by atoms with van der Waals surface area (Å²) in [6, 6.07) is 8.31. The van der Waals surface area contributed by atoms with Crippen molar-refractivity contribution >= 4 is 11.6 Å². The van der Waals surface area contributed by atoms with Crippen LogP contribution in [0.4, 0.5) is 5.69 Å². The Morgan fingerprint density at radius 3 is 2.74 bits per heavy atom. The molecule has 0 bridgehead atoms. The Morgan fingerprint density at radius 2 is 1.93 bits per heavy atom.